The van der Waals surface area contributed by atoms with Gasteiger partial charge in [-0.05, 0) is 48.9 Å². The Kier molecular flexibility index (Phi) is 2.95. The van der Waals surface area contributed by atoms with Crippen LogP contribution < -0.4 is 4.74 Å². The molecule has 0 spiro atoms. The van der Waals surface area contributed by atoms with E-state index in [9.17, 15) is 4.79 Å². The van der Waals surface area contributed by atoms with Crippen molar-refractivity contribution in [3.8, 4) is 5.75 Å². The first kappa shape index (κ1) is 11.8. The van der Waals surface area contributed by atoms with E-state index in [1.807, 2.05) is 25.1 Å². The summed E-state index contributed by atoms with van der Waals surface area (Å²) in [6, 6.07) is 7.40. The molecule has 1 atom stereocenters. The number of carbonyl (C=O) groups is 1. The van der Waals surface area contributed by atoms with Crippen molar-refractivity contribution in [2.75, 3.05) is 0 Å². The van der Waals surface area contributed by atoms with Gasteiger partial charge in [-0.25, -0.2) is 0 Å². The molecule has 19 heavy (non-hydrogen) atoms. The van der Waals surface area contributed by atoms with Gasteiger partial charge in [0.05, 0.1) is 12.5 Å². The molecular formula is C16H14O3. The van der Waals surface area contributed by atoms with E-state index in [2.05, 4.69) is 0 Å². The van der Waals surface area contributed by atoms with Gasteiger partial charge in [0.15, 0.2) is 5.78 Å². The maximum absolute atomic E-state index is 12.1. The van der Waals surface area contributed by atoms with Crippen molar-refractivity contribution < 1.29 is 13.9 Å². The van der Waals surface area contributed by atoms with E-state index in [0.717, 1.165) is 23.3 Å². The number of hydrogen-bond acceptors (Lipinski definition) is 3. The molecule has 1 aliphatic heterocycles. The summed E-state index contributed by atoms with van der Waals surface area (Å²) >= 11 is 0. The van der Waals surface area contributed by atoms with Crippen molar-refractivity contribution in [3.63, 3.8) is 0 Å². The van der Waals surface area contributed by atoms with Crippen LogP contribution in [0.15, 0.2) is 47.3 Å². The summed E-state index contributed by atoms with van der Waals surface area (Å²) in [5, 5.41) is 0. The Morgan fingerprint density at radius 2 is 2.26 bits per heavy atom. The highest BCUT2D eigenvalue weighted by atomic mass is 16.5. The van der Waals surface area contributed by atoms with E-state index < -0.39 is 0 Å². The van der Waals surface area contributed by atoms with Gasteiger partial charge in [0, 0.05) is 17.5 Å². The van der Waals surface area contributed by atoms with Crippen LogP contribution in [-0.2, 0) is 6.42 Å². The Labute approximate surface area is 111 Å². The molecule has 0 fully saturated rings. The summed E-state index contributed by atoms with van der Waals surface area (Å²) in [6.45, 7) is 2.03. The van der Waals surface area contributed by atoms with Gasteiger partial charge in [-0.15, -0.1) is 0 Å². The van der Waals surface area contributed by atoms with Gasteiger partial charge in [0.1, 0.15) is 11.9 Å². The number of fused-ring (bicyclic) bond motifs is 1. The number of hydrogen-bond donors (Lipinski definition) is 0. The van der Waals surface area contributed by atoms with Gasteiger partial charge in [-0.3, -0.25) is 4.79 Å². The molecule has 0 unspecified atom stereocenters. The van der Waals surface area contributed by atoms with Crippen LogP contribution in [-0.4, -0.2) is 11.9 Å². The SMILES string of the molecule is C[C@H]1Cc2cc(C(=O)/C=C/c3ccoc3)ccc2O1. The molecule has 2 aromatic rings. The zero-order valence-electron chi connectivity index (χ0n) is 10.6. The van der Waals surface area contributed by atoms with Gasteiger partial charge in [0.2, 0.25) is 0 Å². The quantitative estimate of drug-likeness (QED) is 0.621. The van der Waals surface area contributed by atoms with Crippen molar-refractivity contribution >= 4 is 11.9 Å². The lowest BCUT2D eigenvalue weighted by Crippen LogP contribution is -2.05. The first-order valence-corrected chi connectivity index (χ1v) is 6.26. The molecule has 0 radical (unpaired) electrons. The summed E-state index contributed by atoms with van der Waals surface area (Å²) in [7, 11) is 0. The molecule has 0 saturated heterocycles. The lowest BCUT2D eigenvalue weighted by Gasteiger charge is -2.02. The number of ketones is 1. The first-order valence-electron chi connectivity index (χ1n) is 6.26. The maximum atomic E-state index is 12.1. The maximum Gasteiger partial charge on any atom is 0.185 e. The summed E-state index contributed by atoms with van der Waals surface area (Å²) in [5.41, 5.74) is 2.68. The standard InChI is InChI=1S/C16H14O3/c1-11-8-14-9-13(3-5-16(14)19-11)15(17)4-2-12-6-7-18-10-12/h2-7,9-11H,8H2,1H3/b4-2+/t11-/m0/s1. The third kappa shape index (κ3) is 2.45. The predicted molar refractivity (Wildman–Crippen MR) is 72.3 cm³/mol. The first-order chi connectivity index (χ1) is 9.22. The van der Waals surface area contributed by atoms with E-state index in [0.29, 0.717) is 5.56 Å². The van der Waals surface area contributed by atoms with E-state index in [1.165, 1.54) is 0 Å². The predicted octanol–water partition coefficient (Wildman–Crippen LogP) is 3.50. The van der Waals surface area contributed by atoms with Crippen LogP contribution in [0.3, 0.4) is 0 Å². The molecule has 96 valence electrons. The highest BCUT2D eigenvalue weighted by Gasteiger charge is 2.19. The van der Waals surface area contributed by atoms with Crippen molar-refractivity contribution in [3.05, 3.63) is 59.6 Å². The third-order valence-corrected chi connectivity index (χ3v) is 3.15. The molecule has 1 aromatic carbocycles. The Morgan fingerprint density at radius 3 is 3.05 bits per heavy atom. The van der Waals surface area contributed by atoms with E-state index in [1.54, 1.807) is 30.7 Å². The van der Waals surface area contributed by atoms with Gasteiger partial charge in [-0.2, -0.15) is 0 Å². The third-order valence-electron chi connectivity index (χ3n) is 3.15. The summed E-state index contributed by atoms with van der Waals surface area (Å²) in [4.78, 5) is 12.1. The van der Waals surface area contributed by atoms with Gasteiger partial charge in [-0.1, -0.05) is 0 Å². The van der Waals surface area contributed by atoms with Crippen LogP contribution in [0.25, 0.3) is 6.08 Å². The smallest absolute Gasteiger partial charge is 0.185 e. The average Bonchev–Trinajstić information content (AvgIpc) is 3.02. The molecule has 3 heteroatoms. The fraction of sp³-hybridized carbons (Fsp3) is 0.188. The zero-order chi connectivity index (χ0) is 13.2. The largest absolute Gasteiger partial charge is 0.490 e. The lowest BCUT2D eigenvalue weighted by atomic mass is 10.0. The van der Waals surface area contributed by atoms with Crippen molar-refractivity contribution in [1.82, 2.24) is 0 Å². The van der Waals surface area contributed by atoms with Crippen LogP contribution in [0.2, 0.25) is 0 Å². The topological polar surface area (TPSA) is 39.4 Å². The second-order valence-electron chi connectivity index (χ2n) is 4.71. The van der Waals surface area contributed by atoms with Crippen molar-refractivity contribution in [2.24, 2.45) is 0 Å². The highest BCUT2D eigenvalue weighted by molar-refractivity contribution is 6.07. The second-order valence-corrected chi connectivity index (χ2v) is 4.71. The van der Waals surface area contributed by atoms with E-state index in [-0.39, 0.29) is 11.9 Å². The highest BCUT2D eigenvalue weighted by Crippen LogP contribution is 2.29. The minimum atomic E-state index is -0.0106. The Bertz CT molecular complexity index is 623. The molecule has 0 amide bonds. The van der Waals surface area contributed by atoms with E-state index >= 15 is 0 Å². The molecule has 1 aromatic heterocycles. The second kappa shape index (κ2) is 4.76. The fourth-order valence-electron chi connectivity index (χ4n) is 2.21. The molecule has 3 nitrogen and oxygen atoms in total. The molecule has 0 bridgehead atoms. The molecule has 1 aliphatic rings. The van der Waals surface area contributed by atoms with Crippen molar-refractivity contribution in [2.45, 2.75) is 19.4 Å². The van der Waals surface area contributed by atoms with Crippen LogP contribution in [0, 0.1) is 0 Å². The number of benzene rings is 1. The molecule has 0 saturated carbocycles. The molecule has 0 aliphatic carbocycles. The van der Waals surface area contributed by atoms with Crippen LogP contribution in [0.5, 0.6) is 5.75 Å². The molecular weight excluding hydrogens is 240 g/mol. The number of allylic oxidation sites excluding steroid dienone is 1. The zero-order valence-corrected chi connectivity index (χ0v) is 10.6. The minimum Gasteiger partial charge on any atom is -0.490 e. The lowest BCUT2D eigenvalue weighted by molar-refractivity contribution is 0.104. The number of ether oxygens (including phenoxy) is 1. The van der Waals surface area contributed by atoms with Gasteiger partial charge < -0.3 is 9.15 Å². The van der Waals surface area contributed by atoms with Crippen LogP contribution in [0.4, 0.5) is 0 Å². The summed E-state index contributed by atoms with van der Waals surface area (Å²) in [5.74, 6) is 0.881. The minimum absolute atomic E-state index is 0.0106. The van der Waals surface area contributed by atoms with Gasteiger partial charge in [0.25, 0.3) is 0 Å². The Balaban J connectivity index is 1.79. The van der Waals surface area contributed by atoms with Crippen LogP contribution in [0.1, 0.15) is 28.4 Å². The number of furan rings is 1. The molecule has 2 heterocycles. The monoisotopic (exact) mass is 254 g/mol. The Morgan fingerprint density at radius 1 is 1.37 bits per heavy atom. The number of carbonyl (C=O) groups excluding carboxylic acids is 1. The van der Waals surface area contributed by atoms with Crippen molar-refractivity contribution in [1.29, 1.82) is 0 Å². The van der Waals surface area contributed by atoms with Gasteiger partial charge >= 0.3 is 0 Å². The Hall–Kier alpha value is -2.29. The molecule has 3 rings (SSSR count). The average molecular weight is 254 g/mol. The normalized spacial score (nSPS) is 17.4. The number of rotatable bonds is 3. The fourth-order valence-corrected chi connectivity index (χ4v) is 2.21. The van der Waals surface area contributed by atoms with E-state index in [4.69, 9.17) is 9.15 Å². The summed E-state index contributed by atoms with van der Waals surface area (Å²) in [6.07, 6.45) is 7.55. The summed E-state index contributed by atoms with van der Waals surface area (Å²) < 4.78 is 10.6. The van der Waals surface area contributed by atoms with Crippen LogP contribution >= 0.6 is 0 Å². The molecule has 0 N–H and O–H groups in total.